The number of rotatable bonds is 2. The third-order valence-electron chi connectivity index (χ3n) is 3.02. The number of likely N-dealkylation sites (N-methyl/N-ethyl adjacent to an activating group) is 1. The van der Waals surface area contributed by atoms with E-state index < -0.39 is 6.04 Å². The summed E-state index contributed by atoms with van der Waals surface area (Å²) >= 11 is 0. The van der Waals surface area contributed by atoms with Crippen LogP contribution in [0.4, 0.5) is 10.6 Å². The van der Waals surface area contributed by atoms with Crippen molar-refractivity contribution in [1.82, 2.24) is 14.7 Å². The molecule has 1 atom stereocenters. The summed E-state index contributed by atoms with van der Waals surface area (Å²) in [5.74, 6) is 0.325. The molecule has 0 aromatic carbocycles. The molecule has 1 aromatic rings. The number of anilines is 1. The molecule has 1 aromatic heterocycles. The quantitative estimate of drug-likeness (QED) is 0.726. The van der Waals surface area contributed by atoms with Gasteiger partial charge in [0.25, 0.3) is 5.91 Å². The molecule has 6 nitrogen and oxygen atoms in total. The summed E-state index contributed by atoms with van der Waals surface area (Å²) < 4.78 is 1.67. The molecule has 0 radical (unpaired) electrons. The molecule has 2 rings (SSSR count). The van der Waals surface area contributed by atoms with Crippen molar-refractivity contribution in [1.29, 1.82) is 0 Å². The fourth-order valence-electron chi connectivity index (χ4n) is 1.86. The molecule has 0 spiro atoms. The zero-order valence-electron chi connectivity index (χ0n) is 10.4. The lowest BCUT2D eigenvalue weighted by atomic mass is 10.3. The number of urea groups is 1. The number of carbonyl (C=O) groups is 2. The van der Waals surface area contributed by atoms with Crippen molar-refractivity contribution < 1.29 is 9.59 Å². The van der Waals surface area contributed by atoms with Crippen LogP contribution in [0.2, 0.25) is 0 Å². The molecule has 1 aliphatic rings. The van der Waals surface area contributed by atoms with Crippen LogP contribution >= 0.6 is 0 Å². The van der Waals surface area contributed by atoms with Crippen molar-refractivity contribution in [3.8, 4) is 0 Å². The van der Waals surface area contributed by atoms with Crippen molar-refractivity contribution in [2.75, 3.05) is 11.9 Å². The monoisotopic (exact) mass is 236 g/mol. The SMILES string of the molecule is CC(C)n1nccc1N1C(=O)[C@@H](C)N(C)C1=O. The van der Waals surface area contributed by atoms with Gasteiger partial charge in [0.2, 0.25) is 0 Å². The fraction of sp³-hybridized carbons (Fsp3) is 0.545. The molecule has 0 bridgehead atoms. The minimum absolute atomic E-state index is 0.0989. The van der Waals surface area contributed by atoms with Crippen molar-refractivity contribution >= 4 is 17.8 Å². The van der Waals surface area contributed by atoms with Crippen LogP contribution in [0.15, 0.2) is 12.3 Å². The van der Waals surface area contributed by atoms with Crippen molar-refractivity contribution in [2.45, 2.75) is 32.9 Å². The first-order valence-corrected chi connectivity index (χ1v) is 5.59. The molecule has 3 amide bonds. The molecule has 1 aliphatic heterocycles. The van der Waals surface area contributed by atoms with Gasteiger partial charge in [-0.1, -0.05) is 0 Å². The summed E-state index contributed by atoms with van der Waals surface area (Å²) in [6, 6.07) is 1.06. The lowest BCUT2D eigenvalue weighted by Gasteiger charge is -2.17. The van der Waals surface area contributed by atoms with Gasteiger partial charge in [-0.15, -0.1) is 0 Å². The molecular formula is C11H16N4O2. The van der Waals surface area contributed by atoms with E-state index in [0.717, 1.165) is 0 Å². The summed E-state index contributed by atoms with van der Waals surface area (Å²) in [4.78, 5) is 26.6. The van der Waals surface area contributed by atoms with Gasteiger partial charge in [-0.2, -0.15) is 5.10 Å². The third-order valence-corrected chi connectivity index (χ3v) is 3.02. The van der Waals surface area contributed by atoms with Gasteiger partial charge in [0.05, 0.1) is 6.20 Å². The highest BCUT2D eigenvalue weighted by molar-refractivity contribution is 6.20. The van der Waals surface area contributed by atoms with E-state index in [1.165, 1.54) is 9.80 Å². The van der Waals surface area contributed by atoms with Gasteiger partial charge in [-0.05, 0) is 20.8 Å². The highest BCUT2D eigenvalue weighted by Crippen LogP contribution is 2.25. The van der Waals surface area contributed by atoms with Crippen LogP contribution < -0.4 is 4.90 Å². The lowest BCUT2D eigenvalue weighted by Crippen LogP contribution is -2.33. The molecule has 1 fully saturated rings. The zero-order valence-corrected chi connectivity index (χ0v) is 10.4. The average Bonchev–Trinajstić information content (AvgIpc) is 2.81. The lowest BCUT2D eigenvalue weighted by molar-refractivity contribution is -0.119. The number of carbonyl (C=O) groups excluding carboxylic acids is 2. The number of nitrogens with zero attached hydrogens (tertiary/aromatic N) is 4. The number of aromatic nitrogens is 2. The Labute approximate surface area is 99.8 Å². The second-order valence-electron chi connectivity index (χ2n) is 4.47. The van der Waals surface area contributed by atoms with E-state index in [1.54, 1.807) is 30.9 Å². The first-order valence-electron chi connectivity index (χ1n) is 5.59. The Hall–Kier alpha value is -1.85. The minimum atomic E-state index is -0.419. The molecule has 0 N–H and O–H groups in total. The van der Waals surface area contributed by atoms with Crippen molar-refractivity contribution in [3.05, 3.63) is 12.3 Å². The smallest absolute Gasteiger partial charge is 0.315 e. The Kier molecular flexibility index (Phi) is 2.65. The average molecular weight is 236 g/mol. The van der Waals surface area contributed by atoms with Gasteiger partial charge >= 0.3 is 6.03 Å². The van der Waals surface area contributed by atoms with Gasteiger partial charge in [0.1, 0.15) is 11.9 Å². The normalized spacial score (nSPS) is 20.9. The topological polar surface area (TPSA) is 58.4 Å². The van der Waals surface area contributed by atoms with Gasteiger partial charge in [0.15, 0.2) is 0 Å². The molecule has 0 saturated carbocycles. The van der Waals surface area contributed by atoms with Gasteiger partial charge < -0.3 is 4.90 Å². The largest absolute Gasteiger partial charge is 0.333 e. The molecule has 0 unspecified atom stereocenters. The van der Waals surface area contributed by atoms with Crippen LogP contribution in [0.25, 0.3) is 0 Å². The van der Waals surface area contributed by atoms with Crippen molar-refractivity contribution in [2.24, 2.45) is 0 Å². The van der Waals surface area contributed by atoms with Gasteiger partial charge in [0, 0.05) is 19.2 Å². The third kappa shape index (κ3) is 1.60. The van der Waals surface area contributed by atoms with Gasteiger partial charge in [-0.25, -0.2) is 14.4 Å². The second-order valence-corrected chi connectivity index (χ2v) is 4.47. The van der Waals surface area contributed by atoms with E-state index in [4.69, 9.17) is 0 Å². The maximum atomic E-state index is 12.0. The summed E-state index contributed by atoms with van der Waals surface area (Å²) in [6.07, 6.45) is 1.60. The fourth-order valence-corrected chi connectivity index (χ4v) is 1.86. The standard InChI is InChI=1S/C11H16N4O2/c1-7(2)15-9(5-6-12-15)14-10(16)8(3)13(4)11(14)17/h5-8H,1-4H3/t8-/m1/s1. The van der Waals surface area contributed by atoms with E-state index in [1.807, 2.05) is 13.8 Å². The number of amides is 3. The van der Waals surface area contributed by atoms with Crippen LogP contribution in [0.1, 0.15) is 26.8 Å². The van der Waals surface area contributed by atoms with Crippen LogP contribution in [-0.4, -0.2) is 39.7 Å². The molecule has 6 heteroatoms. The zero-order chi connectivity index (χ0) is 12.7. The highest BCUT2D eigenvalue weighted by atomic mass is 16.2. The molecule has 92 valence electrons. The minimum Gasteiger partial charge on any atom is -0.315 e. The molecule has 2 heterocycles. The Morgan fingerprint density at radius 1 is 1.35 bits per heavy atom. The van der Waals surface area contributed by atoms with Crippen LogP contribution in [0, 0.1) is 0 Å². The maximum absolute atomic E-state index is 12.0. The molecule has 17 heavy (non-hydrogen) atoms. The summed E-state index contributed by atoms with van der Waals surface area (Å²) in [7, 11) is 1.63. The van der Waals surface area contributed by atoms with Crippen LogP contribution in [0.3, 0.4) is 0 Å². The number of hydrogen-bond donors (Lipinski definition) is 0. The highest BCUT2D eigenvalue weighted by Gasteiger charge is 2.42. The van der Waals surface area contributed by atoms with Crippen molar-refractivity contribution in [3.63, 3.8) is 0 Å². The molecule has 1 saturated heterocycles. The Bertz CT molecular complexity index is 446. The Balaban J connectivity index is 2.44. The first-order chi connectivity index (χ1) is 7.95. The van der Waals surface area contributed by atoms with Gasteiger partial charge in [-0.3, -0.25) is 4.79 Å². The first kappa shape index (κ1) is 11.6. The van der Waals surface area contributed by atoms with Crippen LogP contribution in [0.5, 0.6) is 0 Å². The summed E-state index contributed by atoms with van der Waals surface area (Å²) in [6.45, 7) is 5.62. The predicted molar refractivity (Wildman–Crippen MR) is 62.7 cm³/mol. The predicted octanol–water partition coefficient (Wildman–Crippen LogP) is 1.25. The molecular weight excluding hydrogens is 220 g/mol. The number of imide groups is 1. The maximum Gasteiger partial charge on any atom is 0.333 e. The number of hydrogen-bond acceptors (Lipinski definition) is 3. The van der Waals surface area contributed by atoms with E-state index >= 15 is 0 Å². The molecule has 0 aliphatic carbocycles. The van der Waals surface area contributed by atoms with E-state index in [2.05, 4.69) is 5.10 Å². The van der Waals surface area contributed by atoms with Crippen LogP contribution in [-0.2, 0) is 4.79 Å². The summed E-state index contributed by atoms with van der Waals surface area (Å²) in [5.41, 5.74) is 0. The second kappa shape index (κ2) is 3.87. The van der Waals surface area contributed by atoms with E-state index in [-0.39, 0.29) is 18.0 Å². The van der Waals surface area contributed by atoms with E-state index in [0.29, 0.717) is 5.82 Å². The Morgan fingerprint density at radius 3 is 2.47 bits per heavy atom. The summed E-state index contributed by atoms with van der Waals surface area (Å²) in [5, 5.41) is 4.13. The Morgan fingerprint density at radius 2 is 2.00 bits per heavy atom. The van der Waals surface area contributed by atoms with E-state index in [9.17, 15) is 9.59 Å².